The van der Waals surface area contributed by atoms with E-state index in [1.807, 2.05) is 20.8 Å². The molecule has 20 heavy (non-hydrogen) atoms. The fraction of sp³-hybridized carbons (Fsp3) is 0.375. The SMILES string of the molecule is CCC(C)(CC)NC(=O)c1cccc(/C=C/C(=O)O)c1. The predicted molar refractivity (Wildman–Crippen MR) is 79.6 cm³/mol. The lowest BCUT2D eigenvalue weighted by Gasteiger charge is -2.28. The molecule has 0 aliphatic heterocycles. The van der Waals surface area contributed by atoms with Crippen molar-refractivity contribution in [3.63, 3.8) is 0 Å². The minimum Gasteiger partial charge on any atom is -0.478 e. The monoisotopic (exact) mass is 275 g/mol. The number of carbonyl (C=O) groups is 2. The van der Waals surface area contributed by atoms with E-state index in [1.165, 1.54) is 6.08 Å². The van der Waals surface area contributed by atoms with E-state index in [1.54, 1.807) is 24.3 Å². The smallest absolute Gasteiger partial charge is 0.328 e. The van der Waals surface area contributed by atoms with Crippen LogP contribution >= 0.6 is 0 Å². The molecule has 1 aromatic rings. The Morgan fingerprint density at radius 1 is 1.30 bits per heavy atom. The maximum atomic E-state index is 12.2. The summed E-state index contributed by atoms with van der Waals surface area (Å²) in [6.45, 7) is 6.09. The van der Waals surface area contributed by atoms with Crippen molar-refractivity contribution >= 4 is 18.0 Å². The van der Waals surface area contributed by atoms with E-state index in [-0.39, 0.29) is 11.4 Å². The Morgan fingerprint density at radius 3 is 2.50 bits per heavy atom. The van der Waals surface area contributed by atoms with Crippen LogP contribution in [0.5, 0.6) is 0 Å². The lowest BCUT2D eigenvalue weighted by atomic mass is 9.95. The van der Waals surface area contributed by atoms with Crippen LogP contribution in [0.4, 0.5) is 0 Å². The topological polar surface area (TPSA) is 66.4 Å². The van der Waals surface area contributed by atoms with Crippen LogP contribution in [0.15, 0.2) is 30.3 Å². The van der Waals surface area contributed by atoms with E-state index >= 15 is 0 Å². The van der Waals surface area contributed by atoms with Gasteiger partial charge in [-0.2, -0.15) is 0 Å². The minimum absolute atomic E-state index is 0.137. The molecule has 0 spiro atoms. The van der Waals surface area contributed by atoms with Crippen molar-refractivity contribution in [1.29, 1.82) is 0 Å². The molecule has 108 valence electrons. The van der Waals surface area contributed by atoms with Gasteiger partial charge in [0, 0.05) is 17.2 Å². The largest absolute Gasteiger partial charge is 0.478 e. The zero-order chi connectivity index (χ0) is 15.2. The summed E-state index contributed by atoms with van der Waals surface area (Å²) in [7, 11) is 0. The highest BCUT2D eigenvalue weighted by molar-refractivity contribution is 5.95. The van der Waals surface area contributed by atoms with E-state index in [2.05, 4.69) is 5.32 Å². The Kier molecular flexibility index (Phi) is 5.50. The van der Waals surface area contributed by atoms with E-state index < -0.39 is 5.97 Å². The van der Waals surface area contributed by atoms with Crippen LogP contribution in [0, 0.1) is 0 Å². The summed E-state index contributed by atoms with van der Waals surface area (Å²) in [5.41, 5.74) is 1.00. The van der Waals surface area contributed by atoms with Crippen LogP contribution in [0.3, 0.4) is 0 Å². The molecule has 2 N–H and O–H groups in total. The van der Waals surface area contributed by atoms with Gasteiger partial charge in [-0.15, -0.1) is 0 Å². The van der Waals surface area contributed by atoms with E-state index in [0.717, 1.165) is 18.9 Å². The van der Waals surface area contributed by atoms with Crippen LogP contribution < -0.4 is 5.32 Å². The first-order chi connectivity index (χ1) is 9.40. The summed E-state index contributed by atoms with van der Waals surface area (Å²) in [4.78, 5) is 22.7. The van der Waals surface area contributed by atoms with Gasteiger partial charge in [-0.25, -0.2) is 4.79 Å². The van der Waals surface area contributed by atoms with Crippen molar-refractivity contribution < 1.29 is 14.7 Å². The molecule has 4 heteroatoms. The third-order valence-electron chi connectivity index (χ3n) is 3.54. The van der Waals surface area contributed by atoms with E-state index in [4.69, 9.17) is 5.11 Å². The Labute approximate surface area is 119 Å². The second kappa shape index (κ2) is 6.89. The van der Waals surface area contributed by atoms with Gasteiger partial charge in [-0.1, -0.05) is 26.0 Å². The Balaban J connectivity index is 2.89. The number of aliphatic carboxylic acids is 1. The third kappa shape index (κ3) is 4.53. The van der Waals surface area contributed by atoms with Gasteiger partial charge in [0.25, 0.3) is 5.91 Å². The second-order valence-electron chi connectivity index (χ2n) is 5.02. The predicted octanol–water partition coefficient (Wildman–Crippen LogP) is 3.09. The number of carboxylic acids is 1. The first-order valence-electron chi connectivity index (χ1n) is 6.74. The third-order valence-corrected chi connectivity index (χ3v) is 3.54. The highest BCUT2D eigenvalue weighted by atomic mass is 16.4. The zero-order valence-electron chi connectivity index (χ0n) is 12.1. The number of hydrogen-bond acceptors (Lipinski definition) is 2. The normalized spacial score (nSPS) is 11.6. The molecule has 0 atom stereocenters. The van der Waals surface area contributed by atoms with E-state index in [9.17, 15) is 9.59 Å². The first kappa shape index (κ1) is 16.0. The number of carbonyl (C=O) groups excluding carboxylic acids is 1. The molecule has 1 aromatic carbocycles. The van der Waals surface area contributed by atoms with Crippen molar-refractivity contribution in [3.8, 4) is 0 Å². The molecule has 0 aliphatic carbocycles. The molecule has 4 nitrogen and oxygen atoms in total. The molecular formula is C16H21NO3. The number of rotatable bonds is 6. The zero-order valence-corrected chi connectivity index (χ0v) is 12.1. The van der Waals surface area contributed by atoms with Crippen molar-refractivity contribution in [2.45, 2.75) is 39.2 Å². The molecule has 0 unspecified atom stereocenters. The second-order valence-corrected chi connectivity index (χ2v) is 5.02. The van der Waals surface area contributed by atoms with Crippen molar-refractivity contribution in [2.24, 2.45) is 0 Å². The first-order valence-corrected chi connectivity index (χ1v) is 6.74. The van der Waals surface area contributed by atoms with Gasteiger partial charge in [0.05, 0.1) is 0 Å². The van der Waals surface area contributed by atoms with Crippen LogP contribution in [-0.2, 0) is 4.79 Å². The standard InChI is InChI=1S/C16H21NO3/c1-4-16(3,5-2)17-15(20)13-8-6-7-12(11-13)9-10-14(18)19/h6-11H,4-5H2,1-3H3,(H,17,20)(H,18,19)/b10-9+. The number of nitrogens with one attached hydrogen (secondary N) is 1. The number of benzene rings is 1. The van der Waals surface area contributed by atoms with Gasteiger partial charge < -0.3 is 10.4 Å². The number of amides is 1. The van der Waals surface area contributed by atoms with Crippen LogP contribution in [0.25, 0.3) is 6.08 Å². The van der Waals surface area contributed by atoms with Gasteiger partial charge >= 0.3 is 5.97 Å². The molecule has 0 heterocycles. The minimum atomic E-state index is -1.01. The van der Waals surface area contributed by atoms with Crippen LogP contribution in [0.1, 0.15) is 49.5 Å². The Bertz CT molecular complexity index is 516. The summed E-state index contributed by atoms with van der Waals surface area (Å²) >= 11 is 0. The van der Waals surface area contributed by atoms with Gasteiger partial charge in [-0.05, 0) is 43.5 Å². The van der Waals surface area contributed by atoms with Gasteiger partial charge in [0.2, 0.25) is 0 Å². The summed E-state index contributed by atoms with van der Waals surface area (Å²) in [6, 6.07) is 6.90. The van der Waals surface area contributed by atoms with Crippen LogP contribution in [0.2, 0.25) is 0 Å². The summed E-state index contributed by atoms with van der Waals surface area (Å²) in [5.74, 6) is -1.15. The maximum Gasteiger partial charge on any atom is 0.328 e. The lowest BCUT2D eigenvalue weighted by Crippen LogP contribution is -2.44. The summed E-state index contributed by atoms with van der Waals surface area (Å²) < 4.78 is 0. The number of hydrogen-bond donors (Lipinski definition) is 2. The molecule has 1 amide bonds. The molecule has 0 fully saturated rings. The van der Waals surface area contributed by atoms with Gasteiger partial charge in [0.15, 0.2) is 0 Å². The van der Waals surface area contributed by atoms with Crippen molar-refractivity contribution in [2.75, 3.05) is 0 Å². The van der Waals surface area contributed by atoms with Gasteiger partial charge in [0.1, 0.15) is 0 Å². The van der Waals surface area contributed by atoms with Crippen molar-refractivity contribution in [1.82, 2.24) is 5.32 Å². The highest BCUT2D eigenvalue weighted by Gasteiger charge is 2.22. The Morgan fingerprint density at radius 2 is 1.95 bits per heavy atom. The average molecular weight is 275 g/mol. The number of carboxylic acid groups (broad SMARTS) is 1. The molecule has 0 saturated carbocycles. The molecule has 0 aliphatic rings. The summed E-state index contributed by atoms with van der Waals surface area (Å²) in [6.07, 6.45) is 4.23. The van der Waals surface area contributed by atoms with Gasteiger partial charge in [-0.3, -0.25) is 4.79 Å². The van der Waals surface area contributed by atoms with E-state index in [0.29, 0.717) is 11.1 Å². The fourth-order valence-electron chi connectivity index (χ4n) is 1.72. The average Bonchev–Trinajstić information content (AvgIpc) is 2.45. The van der Waals surface area contributed by atoms with Crippen LogP contribution in [-0.4, -0.2) is 22.5 Å². The quantitative estimate of drug-likeness (QED) is 0.784. The highest BCUT2D eigenvalue weighted by Crippen LogP contribution is 2.15. The van der Waals surface area contributed by atoms with Crippen molar-refractivity contribution in [3.05, 3.63) is 41.5 Å². The molecule has 0 radical (unpaired) electrons. The fourth-order valence-corrected chi connectivity index (χ4v) is 1.72. The lowest BCUT2D eigenvalue weighted by molar-refractivity contribution is -0.131. The summed E-state index contributed by atoms with van der Waals surface area (Å²) in [5, 5.41) is 11.6. The molecular weight excluding hydrogens is 254 g/mol. The molecule has 0 aromatic heterocycles. The Hall–Kier alpha value is -2.10. The molecule has 1 rings (SSSR count). The maximum absolute atomic E-state index is 12.2. The molecule has 0 saturated heterocycles. The molecule has 0 bridgehead atoms.